The average Bonchev–Trinajstić information content (AvgIpc) is 1.46. The summed E-state index contributed by atoms with van der Waals surface area (Å²) in [5, 5.41) is 0. The van der Waals surface area contributed by atoms with E-state index in [9.17, 15) is 0 Å². The van der Waals surface area contributed by atoms with Gasteiger partial charge in [-0.3, -0.25) is 0 Å². The normalized spacial score (nSPS) is 4.80. The summed E-state index contributed by atoms with van der Waals surface area (Å²) in [6, 6.07) is 0. The fourth-order valence-electron chi connectivity index (χ4n) is 0. The van der Waals surface area contributed by atoms with Crippen LogP contribution in [0.15, 0.2) is 0 Å². The van der Waals surface area contributed by atoms with Crippen molar-refractivity contribution < 1.29 is 0 Å². The zero-order valence-electron chi connectivity index (χ0n) is 3.31. The number of hydrogen-bond donors (Lipinski definition) is 2. The Balaban J connectivity index is 0. The molecule has 0 atom stereocenters. The van der Waals surface area contributed by atoms with Crippen molar-refractivity contribution in [1.82, 2.24) is 0 Å². The molecule has 0 aliphatic carbocycles. The molecule has 0 heterocycles. The zero-order valence-corrected chi connectivity index (χ0v) is 5.10. The molecule has 0 bridgehead atoms. The lowest BCUT2D eigenvalue weighted by Gasteiger charge is -1.47. The highest BCUT2D eigenvalue weighted by Crippen LogP contribution is 1.65. The van der Waals surface area contributed by atoms with Crippen LogP contribution in [0.4, 0.5) is 0 Å². The Morgan fingerprint density at radius 2 is 1.60 bits per heavy atom. The van der Waals surface area contributed by atoms with Crippen molar-refractivity contribution in [2.24, 2.45) is 0 Å². The van der Waals surface area contributed by atoms with Gasteiger partial charge >= 0.3 is 0 Å². The molecule has 0 N–H and O–H groups in total. The van der Waals surface area contributed by atoms with E-state index in [0.29, 0.717) is 0 Å². The summed E-state index contributed by atoms with van der Waals surface area (Å²) in [4.78, 5) is 0. The van der Waals surface area contributed by atoms with E-state index in [-0.39, 0.29) is 0 Å². The molecule has 0 saturated carbocycles. The lowest BCUT2D eigenvalue weighted by molar-refractivity contribution is 1.23. The first-order valence-corrected chi connectivity index (χ1v) is 3.01. The summed E-state index contributed by atoms with van der Waals surface area (Å²) in [5.41, 5.74) is 0. The molecule has 0 spiro atoms. The van der Waals surface area contributed by atoms with Crippen molar-refractivity contribution in [3.8, 4) is 0 Å². The molecule has 0 aromatic rings. The van der Waals surface area contributed by atoms with Crippen molar-refractivity contribution in [1.29, 1.82) is 0 Å². The predicted octanol–water partition coefficient (Wildman–Crippen LogP) is 1.99. The van der Waals surface area contributed by atoms with Crippen LogP contribution in [-0.2, 0) is 0 Å². The zero-order chi connectivity index (χ0) is 4.71. The van der Waals surface area contributed by atoms with Crippen molar-refractivity contribution in [3.63, 3.8) is 0 Å². The van der Waals surface area contributed by atoms with Crippen LogP contribution in [0.1, 0.15) is 13.3 Å². The van der Waals surface area contributed by atoms with Gasteiger partial charge in [-0.25, -0.2) is 0 Å². The highest BCUT2D eigenvalue weighted by Gasteiger charge is 1.36. The van der Waals surface area contributed by atoms with Gasteiger partial charge in [0.2, 0.25) is 0 Å². The van der Waals surface area contributed by atoms with Gasteiger partial charge in [-0.15, -0.1) is 23.3 Å². The van der Waals surface area contributed by atoms with Crippen LogP contribution in [0.5, 0.6) is 0 Å². The summed E-state index contributed by atoms with van der Waals surface area (Å²) in [7, 11) is 0. The molecule has 0 aromatic carbocycles. The van der Waals surface area contributed by atoms with Crippen molar-refractivity contribution >= 4 is 23.3 Å². The van der Waals surface area contributed by atoms with Crippen LogP contribution in [0.25, 0.3) is 0 Å². The molecule has 0 rings (SSSR count). The molecular weight excluding hydrogens is 100 g/mol. The Bertz CT molecular complexity index is 4.85. The van der Waals surface area contributed by atoms with E-state index in [1.165, 1.54) is 0 Å². The third-order valence-corrected chi connectivity index (χ3v) is 0. The minimum absolute atomic E-state index is 1.00. The predicted molar refractivity (Wildman–Crippen MR) is 33.6 cm³/mol. The van der Waals surface area contributed by atoms with Gasteiger partial charge in [0.15, 0.2) is 0 Å². The van der Waals surface area contributed by atoms with E-state index in [1.54, 1.807) is 0 Å². The van der Waals surface area contributed by atoms with Gasteiger partial charge in [0, 0.05) is 0 Å². The van der Waals surface area contributed by atoms with Crippen molar-refractivity contribution in [3.05, 3.63) is 6.92 Å². The van der Waals surface area contributed by atoms with E-state index in [4.69, 9.17) is 0 Å². The molecule has 0 amide bonds. The fraction of sp³-hybridized carbons (Fsp3) is 0.667. The SMILES string of the molecule is SS.[CH2]CC. The number of rotatable bonds is 0. The molecule has 5 heavy (non-hydrogen) atoms. The first kappa shape index (κ1) is 9.20. The summed E-state index contributed by atoms with van der Waals surface area (Å²) >= 11 is 6.44. The van der Waals surface area contributed by atoms with Gasteiger partial charge in [0.1, 0.15) is 0 Å². The largest absolute Gasteiger partial charge is 0.115 e. The van der Waals surface area contributed by atoms with Crippen LogP contribution >= 0.6 is 23.3 Å². The maximum Gasteiger partial charge on any atom is -0.0536 e. The fourth-order valence-corrected chi connectivity index (χ4v) is 0. The Labute approximate surface area is 44.2 Å². The molecule has 0 saturated heterocycles. The minimum atomic E-state index is 1.00. The number of hydrogen-bond acceptors (Lipinski definition) is 2. The van der Waals surface area contributed by atoms with Gasteiger partial charge in [0.25, 0.3) is 0 Å². The van der Waals surface area contributed by atoms with Gasteiger partial charge < -0.3 is 0 Å². The standard InChI is InChI=1S/C3H7.H2S2/c1-3-2;1-2/h1,3H2,2H3;1-2H. The smallest absolute Gasteiger partial charge is 0.0536 e. The summed E-state index contributed by atoms with van der Waals surface area (Å²) in [6.45, 7) is 5.50. The Hall–Kier alpha value is 0.700. The molecule has 0 fully saturated rings. The van der Waals surface area contributed by atoms with Crippen LogP contribution in [0.3, 0.4) is 0 Å². The summed E-state index contributed by atoms with van der Waals surface area (Å²) < 4.78 is 0. The van der Waals surface area contributed by atoms with Gasteiger partial charge in [0.05, 0.1) is 0 Å². The molecule has 33 valence electrons. The average molecular weight is 109 g/mol. The summed E-state index contributed by atoms with van der Waals surface area (Å²) in [6.07, 6.45) is 1.00. The Morgan fingerprint density at radius 1 is 1.60 bits per heavy atom. The first-order chi connectivity index (χ1) is 2.41. The molecule has 0 aliphatic rings. The van der Waals surface area contributed by atoms with E-state index in [0.717, 1.165) is 6.42 Å². The lowest BCUT2D eigenvalue weighted by atomic mass is 10.6. The third kappa shape index (κ3) is 69.9. The van der Waals surface area contributed by atoms with Crippen molar-refractivity contribution in [2.45, 2.75) is 13.3 Å². The van der Waals surface area contributed by atoms with Crippen LogP contribution in [0.2, 0.25) is 0 Å². The van der Waals surface area contributed by atoms with Crippen LogP contribution < -0.4 is 0 Å². The topological polar surface area (TPSA) is 0 Å². The van der Waals surface area contributed by atoms with E-state index in [1.807, 2.05) is 6.92 Å². The molecule has 0 aliphatic heterocycles. The molecular formula is C3H9S2. The monoisotopic (exact) mass is 109 g/mol. The maximum atomic E-state index is 3.49. The summed E-state index contributed by atoms with van der Waals surface area (Å²) in [5.74, 6) is 0. The molecule has 0 aromatic heterocycles. The molecule has 0 unspecified atom stereocenters. The van der Waals surface area contributed by atoms with Crippen LogP contribution in [-0.4, -0.2) is 0 Å². The molecule has 1 radical (unpaired) electrons. The van der Waals surface area contributed by atoms with Gasteiger partial charge in [-0.2, -0.15) is 0 Å². The van der Waals surface area contributed by atoms with Gasteiger partial charge in [-0.1, -0.05) is 20.3 Å². The Kier molecular flexibility index (Phi) is 41.0. The number of thiol groups is 2. The third-order valence-electron chi connectivity index (χ3n) is 0. The van der Waals surface area contributed by atoms with Gasteiger partial charge in [-0.05, 0) is 0 Å². The van der Waals surface area contributed by atoms with E-state index < -0.39 is 0 Å². The second kappa shape index (κ2) is 22.3. The van der Waals surface area contributed by atoms with E-state index in [2.05, 4.69) is 30.2 Å². The van der Waals surface area contributed by atoms with E-state index >= 15 is 0 Å². The van der Waals surface area contributed by atoms with Crippen molar-refractivity contribution in [2.75, 3.05) is 0 Å². The van der Waals surface area contributed by atoms with Crippen LogP contribution in [0, 0.1) is 6.92 Å². The molecule has 2 heteroatoms. The maximum absolute atomic E-state index is 3.49. The lowest BCUT2D eigenvalue weighted by Crippen LogP contribution is -1.29. The highest BCUT2D eigenvalue weighted by molar-refractivity contribution is 8.59. The second-order valence-electron chi connectivity index (χ2n) is 0.500. The quantitative estimate of drug-likeness (QED) is 0.345. The molecule has 0 nitrogen and oxygen atoms in total. The first-order valence-electron chi connectivity index (χ1n) is 1.41. The highest BCUT2D eigenvalue weighted by atomic mass is 33.1. The minimum Gasteiger partial charge on any atom is -0.115 e. The Morgan fingerprint density at radius 3 is 1.60 bits per heavy atom. The second-order valence-corrected chi connectivity index (χ2v) is 0.500.